The first kappa shape index (κ1) is 12.9. The quantitative estimate of drug-likeness (QED) is 0.723. The molecule has 0 aliphatic rings. The van der Waals surface area contributed by atoms with Crippen molar-refractivity contribution in [2.24, 2.45) is 0 Å². The third kappa shape index (κ3) is 4.59. The van der Waals surface area contributed by atoms with Gasteiger partial charge in [0.05, 0.1) is 5.75 Å². The smallest absolute Gasteiger partial charge is 0.235 e. The van der Waals surface area contributed by atoms with E-state index >= 15 is 0 Å². The first-order chi connectivity index (χ1) is 7.53. The normalized spacial score (nSPS) is 11.4. The van der Waals surface area contributed by atoms with Crippen molar-refractivity contribution in [3.05, 3.63) is 23.9 Å². The molecule has 0 radical (unpaired) electrons. The second-order valence-corrected chi connectivity index (χ2v) is 5.34. The van der Waals surface area contributed by atoms with E-state index in [4.69, 9.17) is 0 Å². The molecule has 0 spiro atoms. The molecule has 1 aromatic rings. The van der Waals surface area contributed by atoms with Crippen LogP contribution >= 0.6 is 0 Å². The summed E-state index contributed by atoms with van der Waals surface area (Å²) < 4.78 is 25.6. The number of hydrogen-bond acceptors (Lipinski definition) is 4. The Labute approximate surface area is 96.3 Å². The zero-order valence-corrected chi connectivity index (χ0v) is 10.3. The molecule has 0 amide bonds. The number of nitrogens with zero attached hydrogens (tertiary/aromatic N) is 1. The summed E-state index contributed by atoms with van der Waals surface area (Å²) in [5, 5.41) is 2.96. The lowest BCUT2D eigenvalue weighted by molar-refractivity contribution is 0.597. The molecule has 5 nitrogen and oxygen atoms in total. The molecule has 0 saturated carbocycles. The van der Waals surface area contributed by atoms with E-state index in [1.165, 1.54) is 0 Å². The van der Waals surface area contributed by atoms with Crippen LogP contribution in [0.15, 0.2) is 18.3 Å². The lowest BCUT2D eigenvalue weighted by Crippen LogP contribution is -2.26. The highest BCUT2D eigenvalue weighted by Gasteiger charge is 2.09. The fourth-order valence-corrected chi connectivity index (χ4v) is 2.08. The van der Waals surface area contributed by atoms with E-state index in [9.17, 15) is 8.42 Å². The number of nitrogens with one attached hydrogen (secondary N) is 2. The predicted molar refractivity (Wildman–Crippen MR) is 64.9 cm³/mol. The van der Waals surface area contributed by atoms with Gasteiger partial charge in [-0.05, 0) is 25.1 Å². The van der Waals surface area contributed by atoms with Gasteiger partial charge in [-0.15, -0.1) is 0 Å². The van der Waals surface area contributed by atoms with E-state index < -0.39 is 10.0 Å². The molecular formula is C10H17N3O2S. The van der Waals surface area contributed by atoms with E-state index in [1.807, 2.05) is 19.9 Å². The Bertz CT molecular complexity index is 414. The summed E-state index contributed by atoms with van der Waals surface area (Å²) in [6.45, 7) is 5.04. The minimum Gasteiger partial charge on any atom is -0.316 e. The van der Waals surface area contributed by atoms with Crippen molar-refractivity contribution in [3.8, 4) is 0 Å². The van der Waals surface area contributed by atoms with E-state index in [-0.39, 0.29) is 5.75 Å². The summed E-state index contributed by atoms with van der Waals surface area (Å²) in [7, 11) is -3.29. The maximum atomic E-state index is 11.6. The van der Waals surface area contributed by atoms with Crippen LogP contribution in [0.1, 0.15) is 12.5 Å². The number of aryl methyl sites for hydroxylation is 1. The first-order valence-electron chi connectivity index (χ1n) is 5.17. The Morgan fingerprint density at radius 2 is 2.12 bits per heavy atom. The Balaban J connectivity index is 2.55. The number of anilines is 1. The highest BCUT2D eigenvalue weighted by atomic mass is 32.2. The zero-order chi connectivity index (χ0) is 12.0. The number of hydrogen-bond donors (Lipinski definition) is 2. The molecule has 0 aliphatic heterocycles. The van der Waals surface area contributed by atoms with Crippen molar-refractivity contribution < 1.29 is 8.42 Å². The summed E-state index contributed by atoms with van der Waals surface area (Å²) in [6, 6.07) is 3.47. The highest BCUT2D eigenvalue weighted by Crippen LogP contribution is 2.06. The number of sulfonamides is 1. The maximum absolute atomic E-state index is 11.6. The van der Waals surface area contributed by atoms with Gasteiger partial charge in [0, 0.05) is 12.7 Å². The van der Waals surface area contributed by atoms with Gasteiger partial charge in [-0.1, -0.05) is 13.0 Å². The van der Waals surface area contributed by atoms with Crippen LogP contribution in [0.4, 0.5) is 5.82 Å². The summed E-state index contributed by atoms with van der Waals surface area (Å²) in [5.74, 6) is 0.415. The molecule has 0 saturated heterocycles. The molecule has 1 heterocycles. The monoisotopic (exact) mass is 243 g/mol. The van der Waals surface area contributed by atoms with Crippen LogP contribution in [0.25, 0.3) is 0 Å². The Kier molecular flexibility index (Phi) is 4.70. The van der Waals surface area contributed by atoms with E-state index in [1.54, 1.807) is 12.3 Å². The van der Waals surface area contributed by atoms with E-state index in [0.717, 1.165) is 12.1 Å². The minimum absolute atomic E-state index is 0.0520. The molecule has 0 atom stereocenters. The van der Waals surface area contributed by atoms with Gasteiger partial charge in [-0.2, -0.15) is 0 Å². The molecule has 90 valence electrons. The maximum Gasteiger partial charge on any atom is 0.235 e. The molecule has 1 aromatic heterocycles. The van der Waals surface area contributed by atoms with Gasteiger partial charge in [-0.25, -0.2) is 13.4 Å². The van der Waals surface area contributed by atoms with Crippen LogP contribution in [0, 0.1) is 6.92 Å². The second kappa shape index (κ2) is 5.81. The Morgan fingerprint density at radius 3 is 2.69 bits per heavy atom. The minimum atomic E-state index is -3.29. The van der Waals surface area contributed by atoms with Crippen molar-refractivity contribution in [2.45, 2.75) is 13.8 Å². The molecule has 2 N–H and O–H groups in total. The van der Waals surface area contributed by atoms with Gasteiger partial charge in [0.15, 0.2) is 0 Å². The summed E-state index contributed by atoms with van der Waals surface area (Å²) >= 11 is 0. The molecule has 0 aromatic carbocycles. The van der Waals surface area contributed by atoms with Gasteiger partial charge in [0.1, 0.15) is 5.82 Å². The van der Waals surface area contributed by atoms with Gasteiger partial charge in [0.2, 0.25) is 10.0 Å². The van der Waals surface area contributed by atoms with Gasteiger partial charge in [0.25, 0.3) is 0 Å². The number of aromatic nitrogens is 1. The standard InChI is InChI=1S/C10H17N3O2S/c1-3-11-6-7-16(14,15)13-10-5-4-9(2)8-12-10/h4-5,8,11H,3,6-7H2,1-2H3,(H,12,13). The first-order valence-corrected chi connectivity index (χ1v) is 6.82. The van der Waals surface area contributed by atoms with Crippen LogP contribution < -0.4 is 10.0 Å². The summed E-state index contributed by atoms with van der Waals surface area (Å²) in [4.78, 5) is 3.98. The van der Waals surface area contributed by atoms with E-state index in [2.05, 4.69) is 15.0 Å². The molecule has 16 heavy (non-hydrogen) atoms. The summed E-state index contributed by atoms with van der Waals surface area (Å²) in [6.07, 6.45) is 1.63. The lowest BCUT2D eigenvalue weighted by atomic mass is 10.3. The number of pyridine rings is 1. The third-order valence-electron chi connectivity index (χ3n) is 1.97. The topological polar surface area (TPSA) is 71.1 Å². The van der Waals surface area contributed by atoms with Gasteiger partial charge >= 0.3 is 0 Å². The molecule has 6 heteroatoms. The van der Waals surface area contributed by atoms with Crippen LogP contribution in [0.5, 0.6) is 0 Å². The van der Waals surface area contributed by atoms with Crippen molar-refractivity contribution in [3.63, 3.8) is 0 Å². The fraction of sp³-hybridized carbons (Fsp3) is 0.500. The Morgan fingerprint density at radius 1 is 1.38 bits per heavy atom. The van der Waals surface area contributed by atoms with Crippen LogP contribution in [-0.2, 0) is 10.0 Å². The molecule has 0 bridgehead atoms. The molecule has 0 aliphatic carbocycles. The van der Waals surface area contributed by atoms with Crippen molar-refractivity contribution in [1.29, 1.82) is 0 Å². The highest BCUT2D eigenvalue weighted by molar-refractivity contribution is 7.92. The predicted octanol–water partition coefficient (Wildman–Crippen LogP) is 0.741. The average molecular weight is 243 g/mol. The fourth-order valence-electron chi connectivity index (χ4n) is 1.12. The molecule has 0 fully saturated rings. The average Bonchev–Trinajstić information content (AvgIpc) is 2.21. The molecule has 0 unspecified atom stereocenters. The van der Waals surface area contributed by atoms with Crippen molar-refractivity contribution >= 4 is 15.8 Å². The van der Waals surface area contributed by atoms with Crippen LogP contribution in [0.2, 0.25) is 0 Å². The third-order valence-corrected chi connectivity index (χ3v) is 3.23. The van der Waals surface area contributed by atoms with Crippen molar-refractivity contribution in [2.75, 3.05) is 23.6 Å². The van der Waals surface area contributed by atoms with Crippen molar-refractivity contribution in [1.82, 2.24) is 10.3 Å². The number of rotatable bonds is 6. The molecular weight excluding hydrogens is 226 g/mol. The van der Waals surface area contributed by atoms with E-state index in [0.29, 0.717) is 12.4 Å². The second-order valence-electron chi connectivity index (χ2n) is 3.50. The summed E-state index contributed by atoms with van der Waals surface area (Å²) in [5.41, 5.74) is 0.996. The van der Waals surface area contributed by atoms with Crippen LogP contribution in [-0.4, -0.2) is 32.2 Å². The zero-order valence-electron chi connectivity index (χ0n) is 9.53. The Hall–Kier alpha value is -1.14. The SMILES string of the molecule is CCNCCS(=O)(=O)Nc1ccc(C)cn1. The van der Waals surface area contributed by atoms with Crippen LogP contribution in [0.3, 0.4) is 0 Å². The molecule has 1 rings (SSSR count). The largest absolute Gasteiger partial charge is 0.316 e. The van der Waals surface area contributed by atoms with Gasteiger partial charge < -0.3 is 5.32 Å². The lowest BCUT2D eigenvalue weighted by Gasteiger charge is -2.07. The van der Waals surface area contributed by atoms with Gasteiger partial charge in [-0.3, -0.25) is 4.72 Å².